The van der Waals surface area contributed by atoms with Crippen LogP contribution in [0.3, 0.4) is 0 Å². The van der Waals surface area contributed by atoms with Gasteiger partial charge >= 0.3 is 0 Å². The number of ether oxygens (including phenoxy) is 2. The lowest BCUT2D eigenvalue weighted by Crippen LogP contribution is -2.13. The minimum atomic E-state index is -0.701. The third kappa shape index (κ3) is 3.72. The highest BCUT2D eigenvalue weighted by Crippen LogP contribution is 2.32. The number of thiazole rings is 1. The van der Waals surface area contributed by atoms with Crippen LogP contribution in [0.4, 0.5) is 0 Å². The summed E-state index contributed by atoms with van der Waals surface area (Å²) in [5, 5.41) is 16.3. The molecule has 2 aromatic carbocycles. The average Bonchev–Trinajstić information content (AvgIpc) is 3.33. The molecule has 1 aliphatic rings. The first-order valence-electron chi connectivity index (χ1n) is 8.85. The molecule has 29 heavy (non-hydrogen) atoms. The number of fused-ring (bicyclic) bond motifs is 1. The van der Waals surface area contributed by atoms with Crippen molar-refractivity contribution < 1.29 is 19.4 Å². The molecule has 1 aliphatic heterocycles. The van der Waals surface area contributed by atoms with E-state index in [4.69, 9.17) is 15.2 Å². The van der Waals surface area contributed by atoms with Gasteiger partial charge in [-0.2, -0.15) is 5.10 Å². The maximum atomic E-state index is 11.6. The number of hydrogen-bond acceptors (Lipinski definition) is 7. The van der Waals surface area contributed by atoms with E-state index in [0.29, 0.717) is 28.4 Å². The first-order valence-corrected chi connectivity index (χ1v) is 9.73. The van der Waals surface area contributed by atoms with Crippen LogP contribution in [-0.4, -0.2) is 35.2 Å². The summed E-state index contributed by atoms with van der Waals surface area (Å²) in [6.07, 6.45) is 1.70. The van der Waals surface area contributed by atoms with Crippen LogP contribution in [0.1, 0.15) is 22.8 Å². The standard InChI is InChI=1S/C20H18N4O4S/c1-2-22-20-24(23-9-12-3-6-17-18(7-12)28-11-27-17)15(10-29-20)13-4-5-16(25)14(8-13)19(21)26/h3-10,25H,2,11H2,1H3,(H2,21,26). The number of phenols is 1. The molecule has 4 rings (SSSR count). The second-order valence-corrected chi connectivity index (χ2v) is 6.98. The number of carbonyl (C=O) groups excluding carboxylic acids is 1. The first-order chi connectivity index (χ1) is 14.1. The second kappa shape index (κ2) is 7.80. The maximum Gasteiger partial charge on any atom is 0.252 e. The SMILES string of the molecule is CCN=c1scc(-c2ccc(O)c(C(N)=O)c2)n1N=Cc1ccc2c(c1)OCO2. The van der Waals surface area contributed by atoms with Crippen molar-refractivity contribution in [2.24, 2.45) is 15.8 Å². The third-order valence-corrected chi connectivity index (χ3v) is 5.11. The number of primary amides is 1. The molecule has 0 radical (unpaired) electrons. The zero-order valence-electron chi connectivity index (χ0n) is 15.5. The highest BCUT2D eigenvalue weighted by atomic mass is 32.1. The van der Waals surface area contributed by atoms with E-state index >= 15 is 0 Å². The van der Waals surface area contributed by atoms with Crippen LogP contribution in [0.5, 0.6) is 17.2 Å². The highest BCUT2D eigenvalue weighted by Gasteiger charge is 2.14. The molecule has 0 spiro atoms. The summed E-state index contributed by atoms with van der Waals surface area (Å²) >= 11 is 1.43. The normalized spacial score (nSPS) is 13.3. The van der Waals surface area contributed by atoms with E-state index < -0.39 is 5.91 Å². The van der Waals surface area contributed by atoms with Gasteiger partial charge in [0.1, 0.15) is 5.75 Å². The summed E-state index contributed by atoms with van der Waals surface area (Å²) in [7, 11) is 0. The molecule has 0 unspecified atom stereocenters. The summed E-state index contributed by atoms with van der Waals surface area (Å²) in [6.45, 7) is 2.75. The van der Waals surface area contributed by atoms with Gasteiger partial charge in [0, 0.05) is 17.5 Å². The van der Waals surface area contributed by atoms with E-state index in [1.165, 1.54) is 17.4 Å². The van der Waals surface area contributed by atoms with Crippen molar-refractivity contribution in [1.82, 2.24) is 4.68 Å². The van der Waals surface area contributed by atoms with Crippen molar-refractivity contribution >= 4 is 23.5 Å². The molecule has 0 atom stereocenters. The predicted molar refractivity (Wildman–Crippen MR) is 110 cm³/mol. The number of hydrogen-bond donors (Lipinski definition) is 2. The lowest BCUT2D eigenvalue weighted by molar-refractivity contribution is 0.0998. The van der Waals surface area contributed by atoms with Gasteiger partial charge < -0.3 is 20.3 Å². The molecule has 1 amide bonds. The van der Waals surface area contributed by atoms with Crippen LogP contribution in [0.25, 0.3) is 11.3 Å². The molecule has 3 N–H and O–H groups in total. The van der Waals surface area contributed by atoms with Gasteiger partial charge in [-0.05, 0) is 48.9 Å². The Hall–Kier alpha value is -3.59. The number of amides is 1. The quantitative estimate of drug-likeness (QED) is 0.630. The molecule has 2 heterocycles. The van der Waals surface area contributed by atoms with Crippen molar-refractivity contribution in [1.29, 1.82) is 0 Å². The van der Waals surface area contributed by atoms with E-state index in [-0.39, 0.29) is 18.1 Å². The van der Waals surface area contributed by atoms with Crippen LogP contribution in [0, 0.1) is 0 Å². The van der Waals surface area contributed by atoms with Gasteiger partial charge in [0.05, 0.1) is 17.5 Å². The van der Waals surface area contributed by atoms with E-state index in [1.54, 1.807) is 23.0 Å². The Balaban J connectivity index is 1.77. The third-order valence-electron chi connectivity index (χ3n) is 4.26. The molecule has 0 fully saturated rings. The fourth-order valence-corrected chi connectivity index (χ4v) is 3.77. The molecule has 0 bridgehead atoms. The zero-order chi connectivity index (χ0) is 20.4. The Labute approximate surface area is 170 Å². The van der Waals surface area contributed by atoms with Crippen molar-refractivity contribution in [2.45, 2.75) is 6.92 Å². The van der Waals surface area contributed by atoms with E-state index in [9.17, 15) is 9.90 Å². The largest absolute Gasteiger partial charge is 0.507 e. The molecule has 0 saturated carbocycles. The van der Waals surface area contributed by atoms with E-state index in [2.05, 4.69) is 10.1 Å². The predicted octanol–water partition coefficient (Wildman–Crippen LogP) is 2.55. The zero-order valence-corrected chi connectivity index (χ0v) is 16.3. The number of aromatic nitrogens is 1. The Morgan fingerprint density at radius 1 is 1.28 bits per heavy atom. The second-order valence-electron chi connectivity index (χ2n) is 6.14. The fraction of sp³-hybridized carbons (Fsp3) is 0.150. The van der Waals surface area contributed by atoms with Crippen LogP contribution < -0.4 is 20.0 Å². The average molecular weight is 410 g/mol. The number of carbonyl (C=O) groups is 1. The van der Waals surface area contributed by atoms with Gasteiger partial charge in [-0.15, -0.1) is 11.3 Å². The van der Waals surface area contributed by atoms with E-state index in [1.807, 2.05) is 30.5 Å². The van der Waals surface area contributed by atoms with Gasteiger partial charge in [0.15, 0.2) is 11.5 Å². The smallest absolute Gasteiger partial charge is 0.252 e. The number of nitrogens with zero attached hydrogens (tertiary/aromatic N) is 3. The lowest BCUT2D eigenvalue weighted by Gasteiger charge is -2.06. The van der Waals surface area contributed by atoms with Crippen LogP contribution in [0.2, 0.25) is 0 Å². The topological polar surface area (TPSA) is 111 Å². The lowest BCUT2D eigenvalue weighted by atomic mass is 10.1. The van der Waals surface area contributed by atoms with Gasteiger partial charge in [-0.25, -0.2) is 4.68 Å². The molecular formula is C20H18N4O4S. The van der Waals surface area contributed by atoms with Crippen molar-refractivity contribution in [3.05, 3.63) is 57.7 Å². The number of aromatic hydroxyl groups is 1. The maximum absolute atomic E-state index is 11.6. The number of rotatable bonds is 5. The Morgan fingerprint density at radius 3 is 2.90 bits per heavy atom. The molecule has 9 heteroatoms. The molecule has 8 nitrogen and oxygen atoms in total. The van der Waals surface area contributed by atoms with Crippen molar-refractivity contribution in [2.75, 3.05) is 13.3 Å². The molecular weight excluding hydrogens is 392 g/mol. The Morgan fingerprint density at radius 2 is 2.10 bits per heavy atom. The first kappa shape index (κ1) is 18.8. The number of benzene rings is 2. The fourth-order valence-electron chi connectivity index (χ4n) is 2.86. The van der Waals surface area contributed by atoms with Crippen LogP contribution in [0.15, 0.2) is 51.9 Å². The van der Waals surface area contributed by atoms with Crippen LogP contribution >= 0.6 is 11.3 Å². The Kier molecular flexibility index (Phi) is 5.05. The summed E-state index contributed by atoms with van der Waals surface area (Å²) < 4.78 is 12.4. The van der Waals surface area contributed by atoms with Gasteiger partial charge in [0.2, 0.25) is 11.6 Å². The van der Waals surface area contributed by atoms with Gasteiger partial charge in [-0.1, -0.05) is 0 Å². The number of nitrogens with two attached hydrogens (primary N) is 1. The van der Waals surface area contributed by atoms with Crippen molar-refractivity contribution in [3.63, 3.8) is 0 Å². The molecule has 0 saturated heterocycles. The summed E-state index contributed by atoms with van der Waals surface area (Å²) in [5.74, 6) is 0.516. The summed E-state index contributed by atoms with van der Waals surface area (Å²) in [6, 6.07) is 10.2. The van der Waals surface area contributed by atoms with Gasteiger partial charge in [-0.3, -0.25) is 9.79 Å². The van der Waals surface area contributed by atoms with Crippen molar-refractivity contribution in [3.8, 4) is 28.5 Å². The minimum absolute atomic E-state index is 0.0500. The Bertz CT molecular complexity index is 1180. The monoisotopic (exact) mass is 410 g/mol. The molecule has 148 valence electrons. The highest BCUT2D eigenvalue weighted by molar-refractivity contribution is 7.07. The summed E-state index contributed by atoms with van der Waals surface area (Å²) in [5.41, 5.74) is 7.66. The molecule has 3 aromatic rings. The van der Waals surface area contributed by atoms with Gasteiger partial charge in [0.25, 0.3) is 5.91 Å². The summed E-state index contributed by atoms with van der Waals surface area (Å²) in [4.78, 5) is 16.8. The van der Waals surface area contributed by atoms with Crippen LogP contribution in [-0.2, 0) is 0 Å². The minimum Gasteiger partial charge on any atom is -0.507 e. The molecule has 0 aliphatic carbocycles. The molecule has 1 aromatic heterocycles. The van der Waals surface area contributed by atoms with E-state index in [0.717, 1.165) is 11.3 Å².